The molecule has 0 heterocycles. The molecule has 0 fully saturated rings. The van der Waals surface area contributed by atoms with Crippen LogP contribution in [0.15, 0.2) is 0 Å². The summed E-state index contributed by atoms with van der Waals surface area (Å²) >= 11 is 1.60. The van der Waals surface area contributed by atoms with E-state index in [-0.39, 0.29) is 37.2 Å². The van der Waals surface area contributed by atoms with Gasteiger partial charge in [-0.1, -0.05) is 0 Å². The summed E-state index contributed by atoms with van der Waals surface area (Å²) < 4.78 is 1.31. The maximum Gasteiger partial charge on any atom is -1.00 e. The Labute approximate surface area is 82.5 Å². The van der Waals surface area contributed by atoms with Gasteiger partial charge in [0.05, 0.1) is 0 Å². The summed E-state index contributed by atoms with van der Waals surface area (Å²) in [5.41, 5.74) is 5.15. The zero-order valence-electron chi connectivity index (χ0n) is 4.33. The van der Waals surface area contributed by atoms with Crippen LogP contribution in [0.3, 0.4) is 0 Å². The van der Waals surface area contributed by atoms with Crippen LogP contribution in [0.5, 0.6) is 0 Å². The first kappa shape index (κ1) is 22.6. The average Bonchev–Trinajstić information content (AvgIpc) is 1.41. The van der Waals surface area contributed by atoms with E-state index in [2.05, 4.69) is 0 Å². The van der Waals surface area contributed by atoms with Crippen LogP contribution in [0.4, 0.5) is 0 Å². The van der Waals surface area contributed by atoms with Gasteiger partial charge in [-0.3, -0.25) is 0 Å². The minimum absolute atomic E-state index is 0. The molecule has 0 unspecified atom stereocenters. The maximum atomic E-state index is 5.15. The minimum Gasteiger partial charge on any atom is -1.00 e. The Hall–Kier alpha value is 1.63. The summed E-state index contributed by atoms with van der Waals surface area (Å²) in [6.07, 6.45) is 1.21. The van der Waals surface area contributed by atoms with E-state index in [0.717, 1.165) is 6.54 Å². The largest absolute Gasteiger partial charge is 1.00 e. The topological polar surface area (TPSA) is 26.0 Å². The molecule has 8 heavy (non-hydrogen) atoms. The molecule has 0 rings (SSSR count). The van der Waals surface area contributed by atoms with Crippen molar-refractivity contribution < 1.29 is 37.2 Å². The first-order valence-corrected chi connectivity index (χ1v) is 3.78. The van der Waals surface area contributed by atoms with Crippen molar-refractivity contribution in [1.82, 2.24) is 0 Å². The van der Waals surface area contributed by atoms with Crippen molar-refractivity contribution in [3.8, 4) is 0 Å². The molecule has 0 aliphatic carbocycles. The van der Waals surface area contributed by atoms with Crippen LogP contribution in [0, 0.1) is 0 Å². The van der Waals surface area contributed by atoms with E-state index in [1.54, 1.807) is 22.5 Å². The monoisotopic (exact) mass is 283 g/mol. The van der Waals surface area contributed by atoms with Gasteiger partial charge < -0.3 is 37.2 Å². The molecule has 0 saturated carbocycles. The van der Waals surface area contributed by atoms with Gasteiger partial charge in [-0.2, -0.15) is 0 Å². The van der Waals surface area contributed by atoms with Crippen molar-refractivity contribution in [3.05, 3.63) is 0 Å². The van der Waals surface area contributed by atoms with Gasteiger partial charge >= 0.3 is 45.7 Å². The fourth-order valence-corrected chi connectivity index (χ4v) is 0.685. The molecule has 0 amide bonds. The van der Waals surface area contributed by atoms with Crippen molar-refractivity contribution in [2.75, 3.05) is 6.54 Å². The van der Waals surface area contributed by atoms with Crippen molar-refractivity contribution >= 4 is 22.5 Å². The zero-order chi connectivity index (χ0) is 4.12. The Balaban J connectivity index is -0.0000000267. The first-order chi connectivity index (χ1) is 2.41. The second-order valence-corrected chi connectivity index (χ2v) is 2.32. The maximum absolute atomic E-state index is 5.15. The van der Waals surface area contributed by atoms with E-state index in [4.69, 9.17) is 5.73 Å². The van der Waals surface area contributed by atoms with Crippen LogP contribution in [0.2, 0.25) is 4.44 Å². The van der Waals surface area contributed by atoms with Gasteiger partial charge in [0.2, 0.25) is 0 Å². The summed E-state index contributed by atoms with van der Waals surface area (Å²) in [5, 5.41) is 0. The van der Waals surface area contributed by atoms with Crippen LogP contribution in [0.1, 0.15) is 6.42 Å². The molecule has 0 radical (unpaired) electrons. The second-order valence-electron chi connectivity index (χ2n) is 0.892. The number of hydrogen-bond acceptors (Lipinski definition) is 1. The van der Waals surface area contributed by atoms with E-state index >= 15 is 0 Å². The van der Waals surface area contributed by atoms with Crippen LogP contribution in [-0.4, -0.2) is 29.1 Å². The molecule has 0 aromatic carbocycles. The molecule has 0 saturated heterocycles. The van der Waals surface area contributed by atoms with Crippen molar-refractivity contribution in [1.29, 1.82) is 0 Å². The van der Waals surface area contributed by atoms with Crippen molar-refractivity contribution in [2.24, 2.45) is 5.73 Å². The van der Waals surface area contributed by atoms with Gasteiger partial charge in [-0.25, -0.2) is 0 Å². The molecule has 0 aromatic rings. The van der Waals surface area contributed by atoms with Gasteiger partial charge in [0.15, 0.2) is 0 Å². The Bertz CT molecular complexity index is 22.0. The van der Waals surface area contributed by atoms with Crippen molar-refractivity contribution in [2.45, 2.75) is 10.9 Å². The molecular formula is C3H8Cl3NSn. The van der Waals surface area contributed by atoms with E-state index in [0.29, 0.717) is 0 Å². The fourth-order valence-electron chi connectivity index (χ4n) is 0.102. The Kier molecular flexibility index (Phi) is 66.3. The summed E-state index contributed by atoms with van der Waals surface area (Å²) in [5.74, 6) is 0. The molecule has 5 heteroatoms. The number of halogens is 3. The van der Waals surface area contributed by atoms with E-state index in [1.807, 2.05) is 0 Å². The molecule has 0 bridgehead atoms. The third-order valence-electron chi connectivity index (χ3n) is 0.381. The van der Waals surface area contributed by atoms with Gasteiger partial charge in [0.1, 0.15) is 0 Å². The summed E-state index contributed by atoms with van der Waals surface area (Å²) in [7, 11) is 0. The van der Waals surface area contributed by atoms with E-state index in [9.17, 15) is 0 Å². The number of nitrogens with two attached hydrogens (primary N) is 1. The SMILES string of the molecule is NCC[CH2][Sn+3].[Cl-].[Cl-].[Cl-]. The first-order valence-electron chi connectivity index (χ1n) is 1.76. The Morgan fingerprint density at radius 3 is 1.50 bits per heavy atom. The standard InChI is InChI=1S/C3H8N.3ClH.Sn/c1-2-3-4;;;;/h1-4H2;3*1H;/q;;;;+3/p-3. The van der Waals surface area contributed by atoms with Crippen LogP contribution >= 0.6 is 0 Å². The Morgan fingerprint density at radius 2 is 1.50 bits per heavy atom. The molecule has 0 aliphatic rings. The molecule has 0 aromatic heterocycles. The van der Waals surface area contributed by atoms with Gasteiger partial charge in [0.25, 0.3) is 0 Å². The molecule has 50 valence electrons. The molecule has 1 nitrogen and oxygen atoms in total. The van der Waals surface area contributed by atoms with Gasteiger partial charge in [-0.15, -0.1) is 0 Å². The number of hydrogen-bond donors (Lipinski definition) is 1. The molecule has 0 atom stereocenters. The summed E-state index contributed by atoms with van der Waals surface area (Å²) in [6, 6.07) is 0. The molecule has 0 aliphatic heterocycles. The third kappa shape index (κ3) is 25.5. The molecule has 2 N–H and O–H groups in total. The normalized spacial score (nSPS) is 5.38. The summed E-state index contributed by atoms with van der Waals surface area (Å²) in [4.78, 5) is 0. The Morgan fingerprint density at radius 1 is 1.12 bits per heavy atom. The predicted octanol–water partition coefficient (Wildman–Crippen LogP) is -9.07. The molecular weight excluding hydrogens is 275 g/mol. The predicted molar refractivity (Wildman–Crippen MR) is 24.2 cm³/mol. The minimum atomic E-state index is 0. The summed E-state index contributed by atoms with van der Waals surface area (Å²) in [6.45, 7) is 0.866. The van der Waals surface area contributed by atoms with Crippen LogP contribution in [0.25, 0.3) is 0 Å². The third-order valence-corrected chi connectivity index (χ3v) is 1.39. The average molecular weight is 283 g/mol. The second kappa shape index (κ2) is 23.4. The number of rotatable bonds is 2. The van der Waals surface area contributed by atoms with Gasteiger partial charge in [-0.05, 0) is 0 Å². The fraction of sp³-hybridized carbons (Fsp3) is 1.00. The van der Waals surface area contributed by atoms with Crippen LogP contribution in [-0.2, 0) is 0 Å². The van der Waals surface area contributed by atoms with Crippen LogP contribution < -0.4 is 43.0 Å². The zero-order valence-corrected chi connectivity index (χ0v) is 9.45. The quantitative estimate of drug-likeness (QED) is 0.501. The smallest absolute Gasteiger partial charge is 1.00 e. The van der Waals surface area contributed by atoms with E-state index in [1.165, 1.54) is 10.9 Å². The van der Waals surface area contributed by atoms with Crippen molar-refractivity contribution in [3.63, 3.8) is 0 Å². The van der Waals surface area contributed by atoms with E-state index < -0.39 is 0 Å². The van der Waals surface area contributed by atoms with Gasteiger partial charge in [0, 0.05) is 0 Å². The molecule has 0 spiro atoms.